The highest BCUT2D eigenvalue weighted by molar-refractivity contribution is 5.93. The second-order valence-electron chi connectivity index (χ2n) is 7.14. The van der Waals surface area contributed by atoms with Gasteiger partial charge >= 0.3 is 0 Å². The number of aliphatic hydroxyl groups excluding tert-OH is 1. The maximum absolute atomic E-state index is 14.0. The molecule has 3 N–H and O–H groups in total. The molecule has 0 bridgehead atoms. The normalized spacial score (nSPS) is 20.7. The number of nitrogens with one attached hydrogen (secondary N) is 2. The van der Waals surface area contributed by atoms with Crippen LogP contribution in [0.25, 0.3) is 11.1 Å². The summed E-state index contributed by atoms with van der Waals surface area (Å²) in [5, 5.41) is 15.9. The van der Waals surface area contributed by atoms with E-state index in [-0.39, 0.29) is 36.3 Å². The molecule has 1 fully saturated rings. The molecule has 148 valence electrons. The predicted octanol–water partition coefficient (Wildman–Crippen LogP) is 2.73. The maximum atomic E-state index is 14.0. The van der Waals surface area contributed by atoms with E-state index in [1.807, 2.05) is 30.3 Å². The lowest BCUT2D eigenvalue weighted by Gasteiger charge is -2.46. The number of aromatic nitrogens is 1. The smallest absolute Gasteiger partial charge is 0.252 e. The second-order valence-corrected chi connectivity index (χ2v) is 7.14. The van der Waals surface area contributed by atoms with Crippen LogP contribution >= 0.6 is 0 Å². The van der Waals surface area contributed by atoms with Crippen molar-refractivity contribution < 1.29 is 14.3 Å². The van der Waals surface area contributed by atoms with Crippen molar-refractivity contribution in [1.29, 1.82) is 0 Å². The fourth-order valence-corrected chi connectivity index (χ4v) is 3.84. The van der Waals surface area contributed by atoms with Crippen LogP contribution in [0.3, 0.4) is 0 Å². The predicted molar refractivity (Wildman–Crippen MR) is 109 cm³/mol. The van der Waals surface area contributed by atoms with Gasteiger partial charge in [0.2, 0.25) is 0 Å². The monoisotopic (exact) mass is 391 g/mol. The third-order valence-electron chi connectivity index (χ3n) is 5.38. The first-order valence-electron chi connectivity index (χ1n) is 9.57. The zero-order valence-corrected chi connectivity index (χ0v) is 15.8. The number of amides is 1. The third kappa shape index (κ3) is 4.04. The van der Waals surface area contributed by atoms with Gasteiger partial charge in [0.05, 0.1) is 12.2 Å². The van der Waals surface area contributed by atoms with E-state index in [4.69, 9.17) is 0 Å². The van der Waals surface area contributed by atoms with Gasteiger partial charge in [0, 0.05) is 42.5 Å². The van der Waals surface area contributed by atoms with Crippen molar-refractivity contribution in [3.8, 4) is 11.1 Å². The Morgan fingerprint density at radius 3 is 2.55 bits per heavy atom. The van der Waals surface area contributed by atoms with Gasteiger partial charge in [-0.05, 0) is 29.3 Å². The maximum Gasteiger partial charge on any atom is 0.252 e. The molecule has 3 aromatic rings. The van der Waals surface area contributed by atoms with Gasteiger partial charge in [-0.15, -0.1) is 0 Å². The lowest BCUT2D eigenvalue weighted by molar-refractivity contribution is 0.0910. The molecule has 1 aliphatic heterocycles. The molecule has 2 aromatic carbocycles. The van der Waals surface area contributed by atoms with Crippen LogP contribution in [-0.2, 0) is 0 Å². The average Bonchev–Trinajstić information content (AvgIpc) is 2.75. The van der Waals surface area contributed by atoms with Crippen LogP contribution in [0.4, 0.5) is 4.39 Å². The molecule has 3 atom stereocenters. The summed E-state index contributed by atoms with van der Waals surface area (Å²) in [6, 6.07) is 17.8. The van der Waals surface area contributed by atoms with Crippen LogP contribution < -0.4 is 10.6 Å². The summed E-state index contributed by atoms with van der Waals surface area (Å²) in [6.45, 7) is 0.441. The van der Waals surface area contributed by atoms with E-state index in [0.29, 0.717) is 17.7 Å². The van der Waals surface area contributed by atoms with Gasteiger partial charge in [0.25, 0.3) is 5.91 Å². The molecule has 0 spiro atoms. The largest absolute Gasteiger partial charge is 0.395 e. The zero-order chi connectivity index (χ0) is 20.2. The molecule has 0 saturated carbocycles. The van der Waals surface area contributed by atoms with Gasteiger partial charge in [0.1, 0.15) is 5.82 Å². The Kier molecular flexibility index (Phi) is 5.64. The first-order chi connectivity index (χ1) is 14.2. The summed E-state index contributed by atoms with van der Waals surface area (Å²) >= 11 is 0. The Morgan fingerprint density at radius 1 is 1.07 bits per heavy atom. The molecule has 29 heavy (non-hydrogen) atoms. The van der Waals surface area contributed by atoms with Crippen LogP contribution in [0.1, 0.15) is 21.8 Å². The van der Waals surface area contributed by atoms with Crippen LogP contribution in [0.2, 0.25) is 0 Å². The zero-order valence-electron chi connectivity index (χ0n) is 15.8. The number of aliphatic hydroxyl groups is 1. The van der Waals surface area contributed by atoms with Gasteiger partial charge in [-0.25, -0.2) is 4.39 Å². The van der Waals surface area contributed by atoms with Gasteiger partial charge in [-0.1, -0.05) is 42.5 Å². The molecule has 0 unspecified atom stereocenters. The Bertz CT molecular complexity index is 979. The molecule has 1 saturated heterocycles. The van der Waals surface area contributed by atoms with E-state index < -0.39 is 0 Å². The van der Waals surface area contributed by atoms with Crippen molar-refractivity contribution >= 4 is 5.91 Å². The highest BCUT2D eigenvalue weighted by atomic mass is 19.1. The van der Waals surface area contributed by atoms with Crippen LogP contribution in [0.15, 0.2) is 73.1 Å². The summed E-state index contributed by atoms with van der Waals surface area (Å²) in [7, 11) is 0. The van der Waals surface area contributed by atoms with Crippen LogP contribution in [-0.4, -0.2) is 41.2 Å². The van der Waals surface area contributed by atoms with E-state index in [1.54, 1.807) is 30.5 Å². The van der Waals surface area contributed by atoms with Crippen LogP contribution in [0.5, 0.6) is 0 Å². The second kappa shape index (κ2) is 8.51. The minimum atomic E-state index is -0.255. The number of hydrogen-bond donors (Lipinski definition) is 3. The summed E-state index contributed by atoms with van der Waals surface area (Å²) in [5.41, 5.74) is 2.92. The van der Waals surface area contributed by atoms with Crippen molar-refractivity contribution in [2.24, 2.45) is 0 Å². The summed E-state index contributed by atoms with van der Waals surface area (Å²) in [5.74, 6) is -0.375. The van der Waals surface area contributed by atoms with E-state index in [1.165, 1.54) is 12.3 Å². The fourth-order valence-electron chi connectivity index (χ4n) is 3.84. The Hall–Kier alpha value is -3.09. The summed E-state index contributed by atoms with van der Waals surface area (Å²) in [4.78, 5) is 16.2. The molecule has 0 radical (unpaired) electrons. The first-order valence-corrected chi connectivity index (χ1v) is 9.57. The lowest BCUT2D eigenvalue weighted by atomic mass is 9.77. The Labute approximate surface area is 168 Å². The molecular formula is C23H22FN3O2. The van der Waals surface area contributed by atoms with Crippen LogP contribution in [0, 0.1) is 5.82 Å². The summed E-state index contributed by atoms with van der Waals surface area (Å²) in [6.07, 6.45) is 3.15. The molecule has 0 aliphatic carbocycles. The van der Waals surface area contributed by atoms with Crippen molar-refractivity contribution in [2.75, 3.05) is 13.2 Å². The minimum Gasteiger partial charge on any atom is -0.395 e. The van der Waals surface area contributed by atoms with Gasteiger partial charge < -0.3 is 15.7 Å². The molecule has 2 heterocycles. The lowest BCUT2D eigenvalue weighted by Crippen LogP contribution is -2.64. The Balaban J connectivity index is 1.45. The fraction of sp³-hybridized carbons (Fsp3) is 0.217. The standard InChI is InChI=1S/C23H22FN3O2/c24-19-6-2-1-5-18(19)15-7-9-16(10-8-15)22-20(27-21(22)14-28)13-26-23(29)17-4-3-11-25-12-17/h1-12,20-22,27-28H,13-14H2,(H,26,29)/t20-,21+,22+/m0/s1. The number of nitrogens with zero attached hydrogens (tertiary/aromatic N) is 1. The molecule has 4 rings (SSSR count). The van der Waals surface area contributed by atoms with E-state index >= 15 is 0 Å². The number of carbonyl (C=O) groups excluding carboxylic acids is 1. The highest BCUT2D eigenvalue weighted by Crippen LogP contribution is 2.33. The quantitative estimate of drug-likeness (QED) is 0.604. The number of rotatable bonds is 6. The Morgan fingerprint density at radius 2 is 1.86 bits per heavy atom. The number of halogens is 1. The molecule has 1 amide bonds. The summed E-state index contributed by atoms with van der Waals surface area (Å²) < 4.78 is 14.0. The van der Waals surface area contributed by atoms with Crippen molar-refractivity contribution in [3.63, 3.8) is 0 Å². The number of carbonyl (C=O) groups is 1. The average molecular weight is 391 g/mol. The van der Waals surface area contributed by atoms with Gasteiger partial charge in [-0.2, -0.15) is 0 Å². The SMILES string of the molecule is O=C(NC[C@@H]1N[C@H](CO)[C@@H]1c1ccc(-c2ccccc2F)cc1)c1cccnc1. The number of hydrogen-bond acceptors (Lipinski definition) is 4. The van der Waals surface area contributed by atoms with Crippen molar-refractivity contribution in [3.05, 3.63) is 90.0 Å². The van der Waals surface area contributed by atoms with Gasteiger partial charge in [-0.3, -0.25) is 9.78 Å². The first kappa shape index (κ1) is 19.2. The third-order valence-corrected chi connectivity index (χ3v) is 5.38. The molecule has 6 heteroatoms. The number of benzene rings is 2. The van der Waals surface area contributed by atoms with E-state index in [0.717, 1.165) is 11.1 Å². The molecular weight excluding hydrogens is 369 g/mol. The topological polar surface area (TPSA) is 74.2 Å². The minimum absolute atomic E-state index is 0.00656. The molecule has 5 nitrogen and oxygen atoms in total. The molecule has 1 aromatic heterocycles. The van der Waals surface area contributed by atoms with E-state index in [2.05, 4.69) is 15.6 Å². The number of pyridine rings is 1. The molecule has 1 aliphatic rings. The highest BCUT2D eigenvalue weighted by Gasteiger charge is 2.40. The van der Waals surface area contributed by atoms with Crippen molar-refractivity contribution in [2.45, 2.75) is 18.0 Å². The van der Waals surface area contributed by atoms with Gasteiger partial charge in [0.15, 0.2) is 0 Å². The van der Waals surface area contributed by atoms with Crippen molar-refractivity contribution in [1.82, 2.24) is 15.6 Å². The van der Waals surface area contributed by atoms with E-state index in [9.17, 15) is 14.3 Å².